The van der Waals surface area contributed by atoms with Gasteiger partial charge in [0.15, 0.2) is 0 Å². The Balaban J connectivity index is 1.96. The molecule has 0 aromatic heterocycles. The molecule has 0 aliphatic heterocycles. The predicted molar refractivity (Wildman–Crippen MR) is 106 cm³/mol. The van der Waals surface area contributed by atoms with Gasteiger partial charge in [-0.1, -0.05) is 38.1 Å². The standard InChI is InChI=1S/C23H28O4/c1-17(24)7-5-6-8-22(25)27-21-15-11-19(12-16-21)23(2,3)18-9-13-20(26-4)14-10-18/h9-16H,5-8H2,1-4H3. The number of ether oxygens (including phenoxy) is 2. The van der Waals surface area contributed by atoms with Crippen molar-refractivity contribution in [2.24, 2.45) is 0 Å². The number of rotatable bonds is 9. The predicted octanol–water partition coefficient (Wildman–Crippen LogP) is 5.08. The van der Waals surface area contributed by atoms with Crippen LogP contribution in [0.15, 0.2) is 48.5 Å². The Bertz CT molecular complexity index is 758. The second kappa shape index (κ2) is 9.36. The third-order valence-corrected chi connectivity index (χ3v) is 4.78. The molecule has 0 atom stereocenters. The van der Waals surface area contributed by atoms with Crippen LogP contribution in [0.1, 0.15) is 57.6 Å². The SMILES string of the molecule is COc1ccc(C(C)(C)c2ccc(OC(=O)CCCCC(C)=O)cc2)cc1. The van der Waals surface area contributed by atoms with Gasteiger partial charge in [-0.15, -0.1) is 0 Å². The quantitative estimate of drug-likeness (QED) is 0.352. The normalized spacial score (nSPS) is 11.1. The zero-order valence-electron chi connectivity index (χ0n) is 16.6. The van der Waals surface area contributed by atoms with E-state index in [4.69, 9.17) is 9.47 Å². The van der Waals surface area contributed by atoms with Gasteiger partial charge in [0.1, 0.15) is 17.3 Å². The van der Waals surface area contributed by atoms with Crippen molar-refractivity contribution in [2.75, 3.05) is 7.11 Å². The summed E-state index contributed by atoms with van der Waals surface area (Å²) in [5.41, 5.74) is 2.13. The molecule has 0 saturated heterocycles. The fourth-order valence-corrected chi connectivity index (χ4v) is 2.94. The Hall–Kier alpha value is -2.62. The van der Waals surface area contributed by atoms with E-state index in [1.807, 2.05) is 36.4 Å². The van der Waals surface area contributed by atoms with Crippen LogP contribution in [0.4, 0.5) is 0 Å². The van der Waals surface area contributed by atoms with Crippen LogP contribution >= 0.6 is 0 Å². The topological polar surface area (TPSA) is 52.6 Å². The molecule has 0 heterocycles. The number of carbonyl (C=O) groups excluding carboxylic acids is 2. The van der Waals surface area contributed by atoms with Crippen molar-refractivity contribution >= 4 is 11.8 Å². The summed E-state index contributed by atoms with van der Waals surface area (Å²) in [4.78, 5) is 22.8. The molecular formula is C23H28O4. The van der Waals surface area contributed by atoms with Crippen LogP contribution in [0.2, 0.25) is 0 Å². The zero-order chi connectivity index (χ0) is 19.9. The molecule has 27 heavy (non-hydrogen) atoms. The maximum absolute atomic E-state index is 11.9. The van der Waals surface area contributed by atoms with E-state index in [2.05, 4.69) is 26.0 Å². The number of carbonyl (C=O) groups is 2. The summed E-state index contributed by atoms with van der Waals surface area (Å²) in [6.45, 7) is 5.88. The van der Waals surface area contributed by atoms with Crippen molar-refractivity contribution in [2.45, 2.75) is 51.9 Å². The van der Waals surface area contributed by atoms with Crippen LogP contribution < -0.4 is 9.47 Å². The lowest BCUT2D eigenvalue weighted by atomic mass is 9.78. The van der Waals surface area contributed by atoms with Gasteiger partial charge < -0.3 is 14.3 Å². The molecule has 2 rings (SSSR count). The molecule has 0 amide bonds. The highest BCUT2D eigenvalue weighted by molar-refractivity contribution is 5.75. The first-order chi connectivity index (χ1) is 12.8. The minimum absolute atomic E-state index is 0.151. The molecule has 0 bridgehead atoms. The minimum Gasteiger partial charge on any atom is -0.497 e. The van der Waals surface area contributed by atoms with Crippen molar-refractivity contribution in [1.82, 2.24) is 0 Å². The summed E-state index contributed by atoms with van der Waals surface area (Å²) < 4.78 is 10.6. The average Bonchev–Trinajstić information content (AvgIpc) is 2.65. The number of Topliss-reactive ketones (excluding diaryl/α,β-unsaturated/α-hetero) is 1. The fraction of sp³-hybridized carbons (Fsp3) is 0.391. The van der Waals surface area contributed by atoms with Crippen LogP contribution in [0.3, 0.4) is 0 Å². The molecule has 0 radical (unpaired) electrons. The molecule has 4 nitrogen and oxygen atoms in total. The van der Waals surface area contributed by atoms with Crippen molar-refractivity contribution in [3.05, 3.63) is 59.7 Å². The Kier molecular flexibility index (Phi) is 7.17. The van der Waals surface area contributed by atoms with Gasteiger partial charge in [-0.05, 0) is 55.2 Å². The Morgan fingerprint density at radius 1 is 0.815 bits per heavy atom. The lowest BCUT2D eigenvalue weighted by Gasteiger charge is -2.26. The number of methoxy groups -OCH3 is 1. The summed E-state index contributed by atoms with van der Waals surface area (Å²) in [7, 11) is 1.66. The van der Waals surface area contributed by atoms with E-state index in [0.29, 0.717) is 25.0 Å². The minimum atomic E-state index is -0.263. The molecule has 4 heteroatoms. The summed E-state index contributed by atoms with van der Waals surface area (Å²) in [6, 6.07) is 15.7. The van der Waals surface area contributed by atoms with Crippen molar-refractivity contribution in [3.8, 4) is 11.5 Å². The number of unbranched alkanes of at least 4 members (excludes halogenated alkanes) is 1. The smallest absolute Gasteiger partial charge is 0.311 e. The maximum Gasteiger partial charge on any atom is 0.311 e. The van der Waals surface area contributed by atoms with Crippen LogP contribution in [-0.2, 0) is 15.0 Å². The van der Waals surface area contributed by atoms with E-state index in [1.54, 1.807) is 14.0 Å². The lowest BCUT2D eigenvalue weighted by Crippen LogP contribution is -2.18. The van der Waals surface area contributed by atoms with Crippen molar-refractivity contribution in [3.63, 3.8) is 0 Å². The molecule has 0 aliphatic rings. The zero-order valence-corrected chi connectivity index (χ0v) is 16.6. The third-order valence-electron chi connectivity index (χ3n) is 4.78. The fourth-order valence-electron chi connectivity index (χ4n) is 2.94. The van der Waals surface area contributed by atoms with Crippen LogP contribution in [0.25, 0.3) is 0 Å². The second-order valence-corrected chi connectivity index (χ2v) is 7.26. The summed E-state index contributed by atoms with van der Waals surface area (Å²) in [6.07, 6.45) is 2.23. The molecule has 0 spiro atoms. The molecular weight excluding hydrogens is 340 g/mol. The van der Waals surface area contributed by atoms with Crippen molar-refractivity contribution < 1.29 is 19.1 Å². The molecule has 2 aromatic rings. The Morgan fingerprint density at radius 3 is 1.78 bits per heavy atom. The highest BCUT2D eigenvalue weighted by Crippen LogP contribution is 2.33. The first-order valence-corrected chi connectivity index (χ1v) is 9.28. The van der Waals surface area contributed by atoms with Crippen LogP contribution in [-0.4, -0.2) is 18.9 Å². The molecule has 0 aliphatic carbocycles. The van der Waals surface area contributed by atoms with Gasteiger partial charge in [0.2, 0.25) is 0 Å². The van der Waals surface area contributed by atoms with Gasteiger partial charge in [-0.25, -0.2) is 0 Å². The summed E-state index contributed by atoms with van der Waals surface area (Å²) in [5, 5.41) is 0. The van der Waals surface area contributed by atoms with Crippen LogP contribution in [0.5, 0.6) is 11.5 Å². The summed E-state index contributed by atoms with van der Waals surface area (Å²) in [5.74, 6) is 1.26. The molecule has 0 saturated carbocycles. The third kappa shape index (κ3) is 5.95. The van der Waals surface area contributed by atoms with E-state index in [1.165, 1.54) is 5.56 Å². The first kappa shape index (κ1) is 20.7. The number of benzene rings is 2. The number of esters is 1. The average molecular weight is 368 g/mol. The van der Waals surface area contributed by atoms with Gasteiger partial charge >= 0.3 is 5.97 Å². The van der Waals surface area contributed by atoms with E-state index < -0.39 is 0 Å². The molecule has 144 valence electrons. The largest absolute Gasteiger partial charge is 0.497 e. The number of hydrogen-bond acceptors (Lipinski definition) is 4. The Labute approximate surface area is 161 Å². The van der Waals surface area contributed by atoms with Gasteiger partial charge in [0.05, 0.1) is 7.11 Å². The first-order valence-electron chi connectivity index (χ1n) is 9.28. The maximum atomic E-state index is 11.9. The lowest BCUT2D eigenvalue weighted by molar-refractivity contribution is -0.134. The number of hydrogen-bond donors (Lipinski definition) is 0. The summed E-state index contributed by atoms with van der Waals surface area (Å²) >= 11 is 0. The Morgan fingerprint density at radius 2 is 1.30 bits per heavy atom. The van der Waals surface area contributed by atoms with Gasteiger partial charge in [-0.2, -0.15) is 0 Å². The number of ketones is 1. The molecule has 0 unspecified atom stereocenters. The van der Waals surface area contributed by atoms with E-state index in [-0.39, 0.29) is 17.2 Å². The van der Waals surface area contributed by atoms with Gasteiger partial charge in [0.25, 0.3) is 0 Å². The van der Waals surface area contributed by atoms with Gasteiger partial charge in [-0.3, -0.25) is 4.79 Å². The van der Waals surface area contributed by atoms with Crippen molar-refractivity contribution in [1.29, 1.82) is 0 Å². The van der Waals surface area contributed by atoms with Crippen LogP contribution in [0, 0.1) is 0 Å². The highest BCUT2D eigenvalue weighted by Gasteiger charge is 2.23. The van der Waals surface area contributed by atoms with Gasteiger partial charge in [0, 0.05) is 18.3 Å². The van der Waals surface area contributed by atoms with E-state index in [9.17, 15) is 9.59 Å². The molecule has 2 aromatic carbocycles. The second-order valence-electron chi connectivity index (χ2n) is 7.26. The van der Waals surface area contributed by atoms with E-state index in [0.717, 1.165) is 17.7 Å². The molecule has 0 fully saturated rings. The highest BCUT2D eigenvalue weighted by atomic mass is 16.5. The molecule has 0 N–H and O–H groups in total. The monoisotopic (exact) mass is 368 g/mol. The van der Waals surface area contributed by atoms with E-state index >= 15 is 0 Å².